The van der Waals surface area contributed by atoms with E-state index in [1.807, 2.05) is 13.2 Å². The first kappa shape index (κ1) is 8.61. The van der Waals surface area contributed by atoms with Gasteiger partial charge in [0.15, 0.2) is 5.82 Å². The van der Waals surface area contributed by atoms with Gasteiger partial charge in [-0.15, -0.1) is 0 Å². The van der Waals surface area contributed by atoms with Gasteiger partial charge < -0.3 is 11.6 Å². The molecule has 0 saturated heterocycles. The van der Waals surface area contributed by atoms with Crippen molar-refractivity contribution >= 4 is 5.82 Å². The van der Waals surface area contributed by atoms with E-state index >= 15 is 0 Å². The summed E-state index contributed by atoms with van der Waals surface area (Å²) in [6.45, 7) is 1.80. The molecule has 2 aromatic heterocycles. The molecule has 74 valence electrons. The summed E-state index contributed by atoms with van der Waals surface area (Å²) in [5.41, 5.74) is 7.33. The van der Waals surface area contributed by atoms with E-state index in [1.165, 1.54) is 4.68 Å². The zero-order valence-corrected chi connectivity index (χ0v) is 8.10. The summed E-state index contributed by atoms with van der Waals surface area (Å²) in [4.78, 5) is 4.25. The fraction of sp³-hybridized carbons (Fsp3) is 0.250. The van der Waals surface area contributed by atoms with E-state index in [2.05, 4.69) is 10.1 Å². The Labute approximate surface area is 81.1 Å². The summed E-state index contributed by atoms with van der Waals surface area (Å²) in [5.74, 6) is 6.78. The lowest BCUT2D eigenvalue weighted by Crippen LogP contribution is -2.13. The van der Waals surface area contributed by atoms with Crippen molar-refractivity contribution in [1.29, 1.82) is 0 Å². The average Bonchev–Trinajstić information content (AvgIpc) is 2.66. The van der Waals surface area contributed by atoms with E-state index in [4.69, 9.17) is 11.6 Å². The van der Waals surface area contributed by atoms with Gasteiger partial charge in [0.2, 0.25) is 0 Å². The normalized spacial score (nSPS) is 10.7. The Bertz CT molecular complexity index is 466. The molecule has 0 fully saturated rings. The van der Waals surface area contributed by atoms with Gasteiger partial charge in [-0.05, 0) is 6.92 Å². The van der Waals surface area contributed by atoms with Crippen molar-refractivity contribution in [2.45, 2.75) is 6.92 Å². The first-order valence-electron chi connectivity index (χ1n) is 4.18. The maximum Gasteiger partial charge on any atom is 0.150 e. The summed E-state index contributed by atoms with van der Waals surface area (Å²) >= 11 is 0. The van der Waals surface area contributed by atoms with Crippen LogP contribution in [0.25, 0.3) is 11.3 Å². The Morgan fingerprint density at radius 1 is 1.43 bits per heavy atom. The van der Waals surface area contributed by atoms with Gasteiger partial charge in [0.05, 0.1) is 6.20 Å². The number of imidazole rings is 1. The number of nitrogens with zero attached hydrogens (tertiary/aromatic N) is 4. The van der Waals surface area contributed by atoms with Gasteiger partial charge in [-0.3, -0.25) is 4.68 Å². The largest absolute Gasteiger partial charge is 0.382 e. The molecule has 0 aliphatic rings. The molecular formula is C8H12N6. The molecule has 14 heavy (non-hydrogen) atoms. The van der Waals surface area contributed by atoms with Gasteiger partial charge in [-0.1, -0.05) is 0 Å². The lowest BCUT2D eigenvalue weighted by Gasteiger charge is -1.96. The zero-order chi connectivity index (χ0) is 10.3. The molecule has 0 spiro atoms. The van der Waals surface area contributed by atoms with Gasteiger partial charge in [0, 0.05) is 18.8 Å². The molecule has 2 heterocycles. The van der Waals surface area contributed by atoms with E-state index in [0.717, 1.165) is 5.56 Å². The summed E-state index contributed by atoms with van der Waals surface area (Å²) in [7, 11) is 1.84. The number of hydrogen-bond acceptors (Lipinski definition) is 4. The summed E-state index contributed by atoms with van der Waals surface area (Å²) < 4.78 is 3.06. The van der Waals surface area contributed by atoms with Crippen molar-refractivity contribution in [2.24, 2.45) is 7.05 Å². The topological polar surface area (TPSA) is 87.7 Å². The number of nitrogens with two attached hydrogens (primary N) is 2. The Balaban J connectivity index is 2.57. The third-order valence-corrected chi connectivity index (χ3v) is 2.10. The van der Waals surface area contributed by atoms with Crippen LogP contribution < -0.4 is 11.6 Å². The molecular weight excluding hydrogens is 180 g/mol. The second kappa shape index (κ2) is 2.76. The molecule has 0 saturated carbocycles. The molecule has 2 rings (SSSR count). The van der Waals surface area contributed by atoms with Crippen LogP contribution in [0, 0.1) is 6.92 Å². The molecule has 0 amide bonds. The second-order valence-corrected chi connectivity index (χ2v) is 3.17. The molecule has 0 atom stereocenters. The van der Waals surface area contributed by atoms with Crippen LogP contribution in [0.15, 0.2) is 12.4 Å². The predicted molar refractivity (Wildman–Crippen MR) is 53.7 cm³/mol. The summed E-state index contributed by atoms with van der Waals surface area (Å²) in [5, 5.41) is 4.04. The fourth-order valence-electron chi connectivity index (χ4n) is 1.32. The molecule has 0 aromatic carbocycles. The van der Waals surface area contributed by atoms with Gasteiger partial charge in [0.1, 0.15) is 11.5 Å². The average molecular weight is 192 g/mol. The Morgan fingerprint density at radius 3 is 2.57 bits per heavy atom. The molecule has 0 aliphatic heterocycles. The van der Waals surface area contributed by atoms with Crippen molar-refractivity contribution < 1.29 is 0 Å². The molecule has 0 radical (unpaired) electrons. The monoisotopic (exact) mass is 192 g/mol. The zero-order valence-electron chi connectivity index (χ0n) is 8.10. The highest BCUT2D eigenvalue weighted by Gasteiger charge is 2.12. The minimum atomic E-state index is 0.454. The van der Waals surface area contributed by atoms with Crippen molar-refractivity contribution in [3.8, 4) is 11.3 Å². The molecule has 6 nitrogen and oxygen atoms in total. The maximum atomic E-state index is 5.78. The van der Waals surface area contributed by atoms with Crippen molar-refractivity contribution in [3.05, 3.63) is 18.2 Å². The van der Waals surface area contributed by atoms with Crippen LogP contribution in [0.5, 0.6) is 0 Å². The first-order valence-corrected chi connectivity index (χ1v) is 4.18. The van der Waals surface area contributed by atoms with Gasteiger partial charge in [-0.2, -0.15) is 5.10 Å². The highest BCUT2D eigenvalue weighted by atomic mass is 15.4. The highest BCUT2D eigenvalue weighted by Crippen LogP contribution is 2.23. The lowest BCUT2D eigenvalue weighted by molar-refractivity contribution is 0.768. The Hall–Kier alpha value is -1.98. The molecule has 0 bridgehead atoms. The van der Waals surface area contributed by atoms with Crippen LogP contribution in [0.4, 0.5) is 5.82 Å². The van der Waals surface area contributed by atoms with Crippen LogP contribution >= 0.6 is 0 Å². The van der Waals surface area contributed by atoms with Crippen molar-refractivity contribution in [1.82, 2.24) is 19.4 Å². The standard InChI is InChI=1S/C8H12N6/c1-5-12-7(8(9)14(5)10)6-3-11-13(2)4-6/h3-4H,9-10H2,1-2H3. The molecule has 2 aromatic rings. The number of nitrogen functional groups attached to an aromatic ring is 2. The van der Waals surface area contributed by atoms with E-state index in [0.29, 0.717) is 17.3 Å². The number of rotatable bonds is 1. The lowest BCUT2D eigenvalue weighted by atomic mass is 10.2. The number of hydrogen-bond donors (Lipinski definition) is 2. The minimum Gasteiger partial charge on any atom is -0.382 e. The quantitative estimate of drug-likeness (QED) is 0.617. The Morgan fingerprint density at radius 2 is 2.14 bits per heavy atom. The van der Waals surface area contributed by atoms with Crippen LogP contribution in [0.2, 0.25) is 0 Å². The van der Waals surface area contributed by atoms with Crippen LogP contribution in [0.1, 0.15) is 5.82 Å². The van der Waals surface area contributed by atoms with E-state index in [-0.39, 0.29) is 0 Å². The van der Waals surface area contributed by atoms with Gasteiger partial charge in [-0.25, -0.2) is 9.66 Å². The molecule has 0 unspecified atom stereocenters. The Kier molecular flexibility index (Phi) is 1.70. The van der Waals surface area contributed by atoms with Gasteiger partial charge in [0.25, 0.3) is 0 Å². The van der Waals surface area contributed by atoms with Crippen LogP contribution in [-0.4, -0.2) is 19.4 Å². The molecule has 0 aliphatic carbocycles. The number of aromatic nitrogens is 4. The SMILES string of the molecule is Cc1nc(-c2cnn(C)c2)c(N)n1N. The highest BCUT2D eigenvalue weighted by molar-refractivity contribution is 5.69. The van der Waals surface area contributed by atoms with Crippen LogP contribution in [0.3, 0.4) is 0 Å². The molecule has 6 heteroatoms. The number of anilines is 1. The maximum absolute atomic E-state index is 5.78. The predicted octanol–water partition coefficient (Wildman–Crippen LogP) is -0.112. The summed E-state index contributed by atoms with van der Waals surface area (Å²) in [6, 6.07) is 0. The third kappa shape index (κ3) is 1.12. The smallest absolute Gasteiger partial charge is 0.150 e. The summed E-state index contributed by atoms with van der Waals surface area (Å²) in [6.07, 6.45) is 3.55. The molecule has 4 N–H and O–H groups in total. The first-order chi connectivity index (χ1) is 6.59. The van der Waals surface area contributed by atoms with E-state index in [9.17, 15) is 0 Å². The van der Waals surface area contributed by atoms with E-state index < -0.39 is 0 Å². The van der Waals surface area contributed by atoms with Crippen molar-refractivity contribution in [3.63, 3.8) is 0 Å². The number of aryl methyl sites for hydroxylation is 2. The third-order valence-electron chi connectivity index (χ3n) is 2.10. The van der Waals surface area contributed by atoms with Gasteiger partial charge >= 0.3 is 0 Å². The second-order valence-electron chi connectivity index (χ2n) is 3.17. The van der Waals surface area contributed by atoms with Crippen LogP contribution in [-0.2, 0) is 7.05 Å². The fourth-order valence-corrected chi connectivity index (χ4v) is 1.32. The van der Waals surface area contributed by atoms with E-state index in [1.54, 1.807) is 17.8 Å². The van der Waals surface area contributed by atoms with Crippen molar-refractivity contribution in [2.75, 3.05) is 11.6 Å². The minimum absolute atomic E-state index is 0.454.